The Balaban J connectivity index is 2.20. The highest BCUT2D eigenvalue weighted by Crippen LogP contribution is 2.32. The zero-order chi connectivity index (χ0) is 13.9. The van der Waals surface area contributed by atoms with Gasteiger partial charge < -0.3 is 4.74 Å². The van der Waals surface area contributed by atoms with Gasteiger partial charge in [-0.2, -0.15) is 14.0 Å². The third-order valence-electron chi connectivity index (χ3n) is 2.41. The largest absolute Gasteiger partial charge is 0.429 e. The van der Waals surface area contributed by atoms with E-state index in [1.807, 2.05) is 6.07 Å². The molecule has 0 saturated heterocycles. The maximum absolute atomic E-state index is 13.9. The molecule has 0 heterocycles. The molecule has 2 nitrogen and oxygen atoms in total. The first-order valence-corrected chi connectivity index (χ1v) is 6.13. The number of halogens is 3. The minimum absolute atomic E-state index is 0.00641. The van der Waals surface area contributed by atoms with E-state index in [0.717, 1.165) is 0 Å². The molecule has 19 heavy (non-hydrogen) atoms. The van der Waals surface area contributed by atoms with Crippen LogP contribution in [0.2, 0.25) is 0 Å². The lowest BCUT2D eigenvalue weighted by molar-refractivity contribution is -0.185. The van der Waals surface area contributed by atoms with Crippen LogP contribution in [0, 0.1) is 11.3 Å². The third kappa shape index (κ3) is 3.30. The molecule has 0 aliphatic carbocycles. The van der Waals surface area contributed by atoms with E-state index >= 15 is 0 Å². The molecule has 0 N–H and O–H groups in total. The molecule has 0 saturated carbocycles. The Morgan fingerprint density at radius 3 is 2.11 bits per heavy atom. The van der Waals surface area contributed by atoms with Gasteiger partial charge in [0.1, 0.15) is 5.75 Å². The second-order valence-corrected chi connectivity index (χ2v) is 4.68. The molecule has 0 spiro atoms. The topological polar surface area (TPSA) is 33.0 Å². The molecular weight excluding hydrogens is 316 g/mol. The zero-order valence-electron chi connectivity index (χ0n) is 9.61. The summed E-state index contributed by atoms with van der Waals surface area (Å²) in [5, 5.41) is 8.62. The number of hydrogen-bond donors (Lipinski definition) is 0. The second-order valence-electron chi connectivity index (χ2n) is 3.76. The lowest BCUT2D eigenvalue weighted by atomic mass is 10.2. The van der Waals surface area contributed by atoms with Crippen molar-refractivity contribution in [3.63, 3.8) is 0 Å². The predicted octanol–water partition coefficient (Wildman–Crippen LogP) is 4.45. The van der Waals surface area contributed by atoms with E-state index in [4.69, 9.17) is 5.26 Å². The molecule has 5 heteroatoms. The Labute approximate surface area is 117 Å². The second kappa shape index (κ2) is 5.37. The quantitative estimate of drug-likeness (QED) is 0.836. The summed E-state index contributed by atoms with van der Waals surface area (Å²) >= 11 is 3.18. The van der Waals surface area contributed by atoms with Gasteiger partial charge in [-0.1, -0.05) is 15.9 Å². The summed E-state index contributed by atoms with van der Waals surface area (Å²) in [5.74, 6) is 0.00641. The van der Waals surface area contributed by atoms with E-state index in [9.17, 15) is 8.78 Å². The van der Waals surface area contributed by atoms with Crippen LogP contribution in [0.5, 0.6) is 5.75 Å². The molecule has 0 unspecified atom stereocenters. The molecule has 0 aliphatic heterocycles. The summed E-state index contributed by atoms with van der Waals surface area (Å²) in [5.41, 5.74) is 0.152. The maximum Gasteiger partial charge on any atom is 0.426 e. The van der Waals surface area contributed by atoms with Crippen molar-refractivity contribution >= 4 is 15.9 Å². The summed E-state index contributed by atoms with van der Waals surface area (Å²) in [4.78, 5) is 0. The van der Waals surface area contributed by atoms with Gasteiger partial charge in [-0.3, -0.25) is 0 Å². The first-order chi connectivity index (χ1) is 9.01. The number of benzene rings is 2. The van der Waals surface area contributed by atoms with E-state index in [0.29, 0.717) is 10.0 Å². The van der Waals surface area contributed by atoms with Crippen molar-refractivity contribution in [2.24, 2.45) is 0 Å². The van der Waals surface area contributed by atoms with Crippen molar-refractivity contribution < 1.29 is 13.5 Å². The summed E-state index contributed by atoms with van der Waals surface area (Å²) in [6.45, 7) is 0. The normalized spacial score (nSPS) is 10.8. The van der Waals surface area contributed by atoms with Crippen molar-refractivity contribution in [1.82, 2.24) is 0 Å². The van der Waals surface area contributed by atoms with Gasteiger partial charge in [0.05, 0.1) is 17.2 Å². The predicted molar refractivity (Wildman–Crippen MR) is 69.8 cm³/mol. The van der Waals surface area contributed by atoms with Gasteiger partial charge in [-0.15, -0.1) is 0 Å². The van der Waals surface area contributed by atoms with Crippen LogP contribution >= 0.6 is 15.9 Å². The van der Waals surface area contributed by atoms with Crippen LogP contribution in [0.1, 0.15) is 11.1 Å². The van der Waals surface area contributed by atoms with Crippen molar-refractivity contribution in [3.8, 4) is 11.8 Å². The Morgan fingerprint density at radius 2 is 1.58 bits per heavy atom. The summed E-state index contributed by atoms with van der Waals surface area (Å²) in [6, 6.07) is 13.0. The van der Waals surface area contributed by atoms with Gasteiger partial charge in [-0.05, 0) is 48.5 Å². The highest BCUT2D eigenvalue weighted by molar-refractivity contribution is 9.10. The summed E-state index contributed by atoms with van der Waals surface area (Å²) < 4.78 is 33.1. The van der Waals surface area contributed by atoms with E-state index in [-0.39, 0.29) is 11.3 Å². The van der Waals surface area contributed by atoms with Crippen LogP contribution in [0.15, 0.2) is 53.0 Å². The van der Waals surface area contributed by atoms with Gasteiger partial charge in [0.15, 0.2) is 0 Å². The van der Waals surface area contributed by atoms with Crippen molar-refractivity contribution in [1.29, 1.82) is 5.26 Å². The average Bonchev–Trinajstić information content (AvgIpc) is 2.40. The SMILES string of the molecule is N#Cc1ccc(OC(F)(F)c2ccc(Br)cc2)cc1. The number of hydrogen-bond acceptors (Lipinski definition) is 2. The van der Waals surface area contributed by atoms with E-state index in [2.05, 4.69) is 20.7 Å². The number of alkyl halides is 2. The molecule has 0 atom stereocenters. The molecular formula is C14H8BrF2NO. The molecule has 2 aromatic carbocycles. The molecule has 0 radical (unpaired) electrons. The zero-order valence-corrected chi connectivity index (χ0v) is 11.2. The first-order valence-electron chi connectivity index (χ1n) is 5.34. The van der Waals surface area contributed by atoms with Crippen molar-refractivity contribution in [3.05, 3.63) is 64.1 Å². The van der Waals surface area contributed by atoms with Crippen molar-refractivity contribution in [2.75, 3.05) is 0 Å². The highest BCUT2D eigenvalue weighted by atomic mass is 79.9. The lowest BCUT2D eigenvalue weighted by Gasteiger charge is -2.18. The lowest BCUT2D eigenvalue weighted by Crippen LogP contribution is -2.21. The molecule has 2 rings (SSSR count). The van der Waals surface area contributed by atoms with Gasteiger partial charge >= 0.3 is 6.11 Å². The van der Waals surface area contributed by atoms with Gasteiger partial charge in [0.25, 0.3) is 0 Å². The Hall–Kier alpha value is -1.93. The molecule has 2 aromatic rings. The number of nitriles is 1. The minimum atomic E-state index is -3.42. The first kappa shape index (κ1) is 13.5. The van der Waals surface area contributed by atoms with Gasteiger partial charge in [-0.25, -0.2) is 0 Å². The van der Waals surface area contributed by atoms with E-state index < -0.39 is 6.11 Å². The fourth-order valence-electron chi connectivity index (χ4n) is 1.45. The van der Waals surface area contributed by atoms with Crippen LogP contribution in [-0.2, 0) is 6.11 Å². The molecule has 0 fully saturated rings. The van der Waals surface area contributed by atoms with Crippen LogP contribution in [0.25, 0.3) is 0 Å². The summed E-state index contributed by atoms with van der Waals surface area (Å²) in [6.07, 6.45) is -3.42. The minimum Gasteiger partial charge on any atom is -0.429 e. The smallest absolute Gasteiger partial charge is 0.426 e. The Kier molecular flexibility index (Phi) is 3.82. The highest BCUT2D eigenvalue weighted by Gasteiger charge is 2.34. The molecule has 0 aromatic heterocycles. The third-order valence-corrected chi connectivity index (χ3v) is 2.94. The number of ether oxygens (including phenoxy) is 1. The standard InChI is InChI=1S/C14H8BrF2NO/c15-12-5-3-11(4-6-12)14(16,17)19-13-7-1-10(9-18)2-8-13/h1-8H. The van der Waals surface area contributed by atoms with Crippen LogP contribution in [0.3, 0.4) is 0 Å². The van der Waals surface area contributed by atoms with Crippen LogP contribution < -0.4 is 4.74 Å². The average molecular weight is 324 g/mol. The Morgan fingerprint density at radius 1 is 1.00 bits per heavy atom. The van der Waals surface area contributed by atoms with Crippen molar-refractivity contribution in [2.45, 2.75) is 6.11 Å². The summed E-state index contributed by atoms with van der Waals surface area (Å²) in [7, 11) is 0. The fourth-order valence-corrected chi connectivity index (χ4v) is 1.71. The van der Waals surface area contributed by atoms with Gasteiger partial charge in [0, 0.05) is 4.47 Å². The molecule has 0 aliphatic rings. The number of rotatable bonds is 3. The molecule has 96 valence electrons. The van der Waals surface area contributed by atoms with E-state index in [1.165, 1.54) is 48.5 Å². The molecule has 0 amide bonds. The van der Waals surface area contributed by atoms with Crippen LogP contribution in [0.4, 0.5) is 8.78 Å². The van der Waals surface area contributed by atoms with E-state index in [1.54, 1.807) is 0 Å². The maximum atomic E-state index is 13.9. The monoisotopic (exact) mass is 323 g/mol. The molecule has 0 bridgehead atoms. The van der Waals surface area contributed by atoms with Gasteiger partial charge in [0.2, 0.25) is 0 Å². The van der Waals surface area contributed by atoms with Crippen LogP contribution in [-0.4, -0.2) is 0 Å². The number of nitrogens with zero attached hydrogens (tertiary/aromatic N) is 1. The Bertz CT molecular complexity index is 603. The fraction of sp³-hybridized carbons (Fsp3) is 0.0714.